The molecule has 0 aliphatic carbocycles. The van der Waals surface area contributed by atoms with Gasteiger partial charge < -0.3 is 24.1 Å². The maximum atomic E-state index is 10.5. The zero-order valence-electron chi connectivity index (χ0n) is 33.8. The number of hydrogen-bond donors (Lipinski definition) is 0. The lowest BCUT2D eigenvalue weighted by Crippen LogP contribution is -2.37. The van der Waals surface area contributed by atoms with Gasteiger partial charge in [-0.3, -0.25) is 0 Å². The van der Waals surface area contributed by atoms with Gasteiger partial charge in [0.25, 0.3) is 0 Å². The fourth-order valence-electron chi connectivity index (χ4n) is 6.26. The predicted molar refractivity (Wildman–Crippen MR) is 231 cm³/mol. The number of carbonyl (C=O) groups excluding carboxylic acids is 1. The summed E-state index contributed by atoms with van der Waals surface area (Å²) in [5.41, 5.74) is 14.1. The predicted octanol–water partition coefficient (Wildman–Crippen LogP) is 11.5. The molecule has 6 rings (SSSR count). The normalized spacial score (nSPS) is 11.4. The van der Waals surface area contributed by atoms with Crippen LogP contribution in [0.3, 0.4) is 0 Å². The molecule has 0 radical (unpaired) electrons. The molecule has 0 fully saturated rings. The van der Waals surface area contributed by atoms with Crippen molar-refractivity contribution in [2.24, 2.45) is 0 Å². The average molecular weight is 795 g/mol. The van der Waals surface area contributed by atoms with Crippen molar-refractivity contribution < 1.29 is 37.3 Å². The summed E-state index contributed by atoms with van der Waals surface area (Å²) in [7, 11) is 5.07. The first-order chi connectivity index (χ1) is 28.3. The number of carboxylic acids is 1. The summed E-state index contributed by atoms with van der Waals surface area (Å²) < 4.78 is 47.5. The van der Waals surface area contributed by atoms with Gasteiger partial charge in [-0.15, -0.1) is 0 Å². The van der Waals surface area contributed by atoms with Gasteiger partial charge in [-0.25, -0.2) is 0 Å². The van der Waals surface area contributed by atoms with E-state index in [1.165, 1.54) is 56.0 Å². The smallest absolute Gasteiger partial charge is 0.430 e. The molecule has 0 aliphatic heterocycles. The van der Waals surface area contributed by atoms with Crippen molar-refractivity contribution in [3.63, 3.8) is 0 Å². The maximum Gasteiger partial charge on any atom is 0.430 e. The first kappa shape index (κ1) is 43.2. The zero-order chi connectivity index (χ0) is 42.5. The van der Waals surface area contributed by atoms with E-state index in [-0.39, 0.29) is 0 Å². The molecule has 8 heteroatoms. The molecule has 0 N–H and O–H groups in total. The molecule has 0 heterocycles. The fourth-order valence-corrected chi connectivity index (χ4v) is 6.26. The molecule has 0 amide bonds. The number of halogens is 3. The van der Waals surface area contributed by atoms with Gasteiger partial charge in [0.2, 0.25) is 0 Å². The first-order valence-corrected chi connectivity index (χ1v) is 18.7. The van der Waals surface area contributed by atoms with Gasteiger partial charge >= 0.3 is 6.18 Å². The van der Waals surface area contributed by atoms with Gasteiger partial charge in [0.15, 0.2) is 0 Å². The van der Waals surface area contributed by atoms with Gasteiger partial charge in [-0.2, -0.15) is 13.2 Å². The monoisotopic (exact) mass is 794 g/mol. The van der Waals surface area contributed by atoms with E-state index in [4.69, 9.17) is 24.1 Å². The highest BCUT2D eigenvalue weighted by molar-refractivity contribution is 5.76. The second kappa shape index (κ2) is 20.0. The average Bonchev–Trinajstić information content (AvgIpc) is 3.23. The van der Waals surface area contributed by atoms with Gasteiger partial charge in [0, 0.05) is 0 Å². The molecule has 0 spiro atoms. The van der Waals surface area contributed by atoms with Gasteiger partial charge in [-0.05, 0) is 162 Å². The Morgan fingerprint density at radius 3 is 0.932 bits per heavy atom. The number of aryl methyl sites for hydroxylation is 3. The minimum Gasteiger partial charge on any atom is -0.542 e. The third-order valence-electron chi connectivity index (χ3n) is 9.62. The summed E-state index contributed by atoms with van der Waals surface area (Å²) in [6.07, 6.45) is 7.80. The number of carbonyl (C=O) groups is 1. The second-order valence-corrected chi connectivity index (χ2v) is 13.7. The SMILES string of the molecule is COc1ccc(/C=C/c2ccc([C+](c3ccc(/C=C/c4ccc(OC)cc4)c(C)c3)c3ccc(/C=C/c4ccc(OC)cc4)c(C)c3)cc2C)cc1.O=C([O-])C(F)(F)F. The Bertz CT molecular complexity index is 2170. The van der Waals surface area contributed by atoms with Crippen LogP contribution < -0.4 is 19.3 Å². The summed E-state index contributed by atoms with van der Waals surface area (Å²) in [5, 5.41) is 8.78. The van der Waals surface area contributed by atoms with Crippen LogP contribution in [0.4, 0.5) is 13.2 Å². The van der Waals surface area contributed by atoms with Crippen molar-refractivity contribution in [2.75, 3.05) is 21.3 Å². The van der Waals surface area contributed by atoms with Crippen LogP contribution in [0.1, 0.15) is 66.8 Å². The molecule has 0 aliphatic rings. The topological polar surface area (TPSA) is 67.8 Å². The largest absolute Gasteiger partial charge is 0.542 e. The summed E-state index contributed by atoms with van der Waals surface area (Å²) >= 11 is 0. The zero-order valence-corrected chi connectivity index (χ0v) is 33.8. The molecule has 0 aromatic heterocycles. The van der Waals surface area contributed by atoms with E-state index < -0.39 is 12.1 Å². The van der Waals surface area contributed by atoms with Crippen LogP contribution in [0.25, 0.3) is 36.5 Å². The highest BCUT2D eigenvalue weighted by Gasteiger charge is 2.29. The molecule has 5 nitrogen and oxygen atoms in total. The molecular weight excluding hydrogens is 750 g/mol. The molecule has 0 saturated heterocycles. The number of aliphatic carboxylic acids is 1. The Morgan fingerprint density at radius 1 is 0.475 bits per heavy atom. The molecule has 0 bridgehead atoms. The Kier molecular flexibility index (Phi) is 14.6. The van der Waals surface area contributed by atoms with Crippen LogP contribution in [0.15, 0.2) is 127 Å². The van der Waals surface area contributed by atoms with E-state index in [1.807, 2.05) is 36.4 Å². The molecule has 0 atom stereocenters. The summed E-state index contributed by atoms with van der Waals surface area (Å²) in [6, 6.07) is 44.7. The highest BCUT2D eigenvalue weighted by atomic mass is 19.4. The van der Waals surface area contributed by atoms with Gasteiger partial charge in [0.05, 0.1) is 43.9 Å². The molecule has 300 valence electrons. The Labute approximate surface area is 344 Å². The minimum absolute atomic E-state index is 0.855. The van der Waals surface area contributed by atoms with Crippen molar-refractivity contribution in [3.05, 3.63) is 200 Å². The molecule has 0 saturated carbocycles. The fraction of sp³-hybridized carbons (Fsp3) is 0.137. The van der Waals surface area contributed by atoms with Crippen LogP contribution in [-0.2, 0) is 4.79 Å². The van der Waals surface area contributed by atoms with Crippen molar-refractivity contribution in [3.8, 4) is 17.2 Å². The molecule has 59 heavy (non-hydrogen) atoms. The molecular formula is C51H45F3O5. The Morgan fingerprint density at radius 2 is 0.729 bits per heavy atom. The van der Waals surface area contributed by atoms with Crippen LogP contribution >= 0.6 is 0 Å². The Balaban J connectivity index is 0.000000867. The van der Waals surface area contributed by atoms with E-state index in [2.05, 4.69) is 148 Å². The lowest BCUT2D eigenvalue weighted by Gasteiger charge is -2.17. The molecule has 0 unspecified atom stereocenters. The number of rotatable bonds is 12. The number of carboxylic acid groups (broad SMARTS) is 1. The quantitative estimate of drug-likeness (QED) is 0.0701. The lowest BCUT2D eigenvalue weighted by atomic mass is 9.82. The third kappa shape index (κ3) is 12.0. The number of benzene rings is 6. The van der Waals surface area contributed by atoms with Crippen molar-refractivity contribution in [1.29, 1.82) is 0 Å². The number of hydrogen-bond acceptors (Lipinski definition) is 5. The Hall–Kier alpha value is -6.93. The molecule has 6 aromatic rings. The highest BCUT2D eigenvalue weighted by Crippen LogP contribution is 2.35. The van der Waals surface area contributed by atoms with E-state index in [0.29, 0.717) is 0 Å². The van der Waals surface area contributed by atoms with Crippen LogP contribution in [0.5, 0.6) is 17.2 Å². The van der Waals surface area contributed by atoms with Crippen molar-refractivity contribution in [1.82, 2.24) is 0 Å². The van der Waals surface area contributed by atoms with E-state index in [9.17, 15) is 13.2 Å². The maximum absolute atomic E-state index is 10.5. The number of methoxy groups -OCH3 is 3. The van der Waals surface area contributed by atoms with E-state index in [1.54, 1.807) is 21.3 Å². The van der Waals surface area contributed by atoms with Crippen LogP contribution in [0, 0.1) is 26.7 Å². The van der Waals surface area contributed by atoms with Crippen molar-refractivity contribution in [2.45, 2.75) is 26.9 Å². The third-order valence-corrected chi connectivity index (χ3v) is 9.62. The molecule has 6 aromatic carbocycles. The van der Waals surface area contributed by atoms with E-state index >= 15 is 0 Å². The van der Waals surface area contributed by atoms with Crippen LogP contribution in [0.2, 0.25) is 0 Å². The number of ether oxygens (including phenoxy) is 3. The second-order valence-electron chi connectivity index (χ2n) is 13.7. The summed E-state index contributed by atoms with van der Waals surface area (Å²) in [5.74, 6) is 0.764. The van der Waals surface area contributed by atoms with Gasteiger partial charge in [-0.1, -0.05) is 72.9 Å². The van der Waals surface area contributed by atoms with E-state index in [0.717, 1.165) is 33.9 Å². The van der Waals surface area contributed by atoms with Crippen LogP contribution in [-0.4, -0.2) is 33.5 Å². The lowest BCUT2D eigenvalue weighted by molar-refractivity contribution is -0.344. The summed E-state index contributed by atoms with van der Waals surface area (Å²) in [6.45, 7) is 6.56. The van der Waals surface area contributed by atoms with Gasteiger partial charge in [0.1, 0.15) is 23.2 Å². The standard InChI is InChI=1S/C49H45O3.C2HF3O2/c1-34-31-43(22-19-40(34)16-7-37-10-25-46(50-4)26-11-37)49(44-23-20-41(35(2)32-44)17-8-38-12-27-47(51-5)28-13-38)45-24-21-42(36(3)33-45)18-9-39-14-29-48(52-6)30-15-39;3-2(4,5)1(6)7/h7-33H,1-6H3;(H,6,7)/q+1;/p-1/b16-7+,17-8+,18-9+;. The minimum atomic E-state index is -5.19. The first-order valence-electron chi connectivity index (χ1n) is 18.7. The summed E-state index contributed by atoms with van der Waals surface area (Å²) in [4.78, 5) is 8.78. The van der Waals surface area contributed by atoms with Crippen molar-refractivity contribution >= 4 is 42.4 Å². The number of alkyl halides is 3.